The van der Waals surface area contributed by atoms with Crippen molar-refractivity contribution in [3.05, 3.63) is 12.2 Å². The fourth-order valence-corrected chi connectivity index (χ4v) is 2.30. The third-order valence-electron chi connectivity index (χ3n) is 3.65. The van der Waals surface area contributed by atoms with Crippen LogP contribution < -0.4 is 0 Å². The highest BCUT2D eigenvalue weighted by atomic mass is 16.4. The van der Waals surface area contributed by atoms with Gasteiger partial charge >= 0.3 is 5.97 Å². The zero-order chi connectivity index (χ0) is 15.9. The van der Waals surface area contributed by atoms with E-state index in [2.05, 4.69) is 0 Å². The average Bonchev–Trinajstić information content (AvgIpc) is 2.45. The maximum atomic E-state index is 10.3. The summed E-state index contributed by atoms with van der Waals surface area (Å²) in [5.74, 6) is -0.713. The van der Waals surface area contributed by atoms with Crippen LogP contribution in [0.4, 0.5) is 0 Å². The smallest absolute Gasteiger partial charge is 0.303 e. The van der Waals surface area contributed by atoms with E-state index < -0.39 is 5.97 Å². The van der Waals surface area contributed by atoms with E-state index in [9.17, 15) is 15.0 Å². The number of hydrogen-bond acceptors (Lipinski definition) is 3. The molecule has 0 spiro atoms. The van der Waals surface area contributed by atoms with E-state index >= 15 is 0 Å². The number of aliphatic hydroxyl groups excluding tert-OH is 2. The van der Waals surface area contributed by atoms with E-state index in [4.69, 9.17) is 5.11 Å². The third kappa shape index (κ3) is 15.3. The highest BCUT2D eigenvalue weighted by Gasteiger charge is 2.08. The Balaban J connectivity index is 3.33. The molecule has 3 N–H and O–H groups in total. The maximum absolute atomic E-state index is 10.3. The van der Waals surface area contributed by atoms with E-state index in [0.717, 1.165) is 44.9 Å². The predicted octanol–water partition coefficient (Wildman–Crippen LogP) is 3.66. The molecular weight excluding hydrogens is 268 g/mol. The van der Waals surface area contributed by atoms with Gasteiger partial charge in [0.05, 0.1) is 12.2 Å². The second kappa shape index (κ2) is 14.1. The molecule has 21 heavy (non-hydrogen) atoms. The Morgan fingerprint density at radius 3 is 2.10 bits per heavy atom. The van der Waals surface area contributed by atoms with Crippen molar-refractivity contribution in [3.8, 4) is 0 Å². The van der Waals surface area contributed by atoms with Crippen molar-refractivity contribution in [2.75, 3.05) is 0 Å². The normalized spacial score (nSPS) is 14.4. The van der Waals surface area contributed by atoms with Crippen molar-refractivity contribution in [2.24, 2.45) is 0 Å². The molecule has 0 aromatic heterocycles. The molecule has 0 rings (SSSR count). The quantitative estimate of drug-likeness (QED) is 0.338. The summed E-state index contributed by atoms with van der Waals surface area (Å²) in [5.41, 5.74) is 0. The van der Waals surface area contributed by atoms with Crippen LogP contribution in [0.3, 0.4) is 0 Å². The fraction of sp³-hybridized carbons (Fsp3) is 0.824. The van der Waals surface area contributed by atoms with Crippen molar-refractivity contribution in [1.82, 2.24) is 0 Å². The van der Waals surface area contributed by atoms with Crippen LogP contribution in [0.25, 0.3) is 0 Å². The first-order chi connectivity index (χ1) is 10.1. The van der Waals surface area contributed by atoms with Crippen molar-refractivity contribution in [2.45, 2.75) is 89.8 Å². The molecule has 2 unspecified atom stereocenters. The van der Waals surface area contributed by atoms with Crippen LogP contribution in [0.15, 0.2) is 12.2 Å². The lowest BCUT2D eigenvalue weighted by Gasteiger charge is -2.13. The molecule has 0 aliphatic carbocycles. The molecule has 4 nitrogen and oxygen atoms in total. The van der Waals surface area contributed by atoms with E-state index in [1.165, 1.54) is 0 Å². The number of aliphatic carboxylic acids is 1. The third-order valence-corrected chi connectivity index (χ3v) is 3.65. The summed E-state index contributed by atoms with van der Waals surface area (Å²) in [5, 5.41) is 28.0. The van der Waals surface area contributed by atoms with Gasteiger partial charge < -0.3 is 15.3 Å². The Hall–Kier alpha value is -0.870. The monoisotopic (exact) mass is 300 g/mol. The Bertz CT molecular complexity index is 276. The SMILES string of the molecule is CC=CCC(O)CCC(O)CCCCCCCCC(=O)O. The molecule has 0 heterocycles. The van der Waals surface area contributed by atoms with Crippen LogP contribution in [0.5, 0.6) is 0 Å². The zero-order valence-corrected chi connectivity index (χ0v) is 13.3. The largest absolute Gasteiger partial charge is 0.481 e. The Morgan fingerprint density at radius 2 is 1.48 bits per heavy atom. The Kier molecular flexibility index (Phi) is 13.5. The lowest BCUT2D eigenvalue weighted by atomic mass is 10.0. The van der Waals surface area contributed by atoms with Gasteiger partial charge in [0, 0.05) is 6.42 Å². The van der Waals surface area contributed by atoms with Gasteiger partial charge in [-0.3, -0.25) is 4.79 Å². The molecule has 0 bridgehead atoms. The molecule has 0 fully saturated rings. The fourth-order valence-electron chi connectivity index (χ4n) is 2.30. The second-order valence-electron chi connectivity index (χ2n) is 5.74. The first kappa shape index (κ1) is 20.1. The number of carboxylic acid groups (broad SMARTS) is 1. The molecule has 0 saturated heterocycles. The number of unbranched alkanes of at least 4 members (excludes halogenated alkanes) is 5. The van der Waals surface area contributed by atoms with Gasteiger partial charge in [-0.2, -0.15) is 0 Å². The highest BCUT2D eigenvalue weighted by Crippen LogP contribution is 2.13. The summed E-state index contributed by atoms with van der Waals surface area (Å²) in [4.78, 5) is 10.3. The minimum atomic E-state index is -0.713. The number of allylic oxidation sites excluding steroid dienone is 1. The average molecular weight is 300 g/mol. The molecule has 0 saturated carbocycles. The van der Waals surface area contributed by atoms with Crippen LogP contribution in [0.2, 0.25) is 0 Å². The summed E-state index contributed by atoms with van der Waals surface area (Å²) in [6.45, 7) is 1.93. The van der Waals surface area contributed by atoms with Crippen LogP contribution >= 0.6 is 0 Å². The van der Waals surface area contributed by atoms with Crippen molar-refractivity contribution in [3.63, 3.8) is 0 Å². The maximum Gasteiger partial charge on any atom is 0.303 e. The molecule has 0 aliphatic heterocycles. The van der Waals surface area contributed by atoms with Crippen LogP contribution in [0, 0.1) is 0 Å². The molecule has 0 aromatic rings. The van der Waals surface area contributed by atoms with Gasteiger partial charge in [-0.25, -0.2) is 0 Å². The van der Waals surface area contributed by atoms with Gasteiger partial charge in [-0.1, -0.05) is 44.3 Å². The summed E-state index contributed by atoms with van der Waals surface area (Å²) >= 11 is 0. The number of carbonyl (C=O) groups is 1. The van der Waals surface area contributed by atoms with E-state index in [1.807, 2.05) is 19.1 Å². The molecule has 4 heteroatoms. The summed E-state index contributed by atoms with van der Waals surface area (Å²) < 4.78 is 0. The zero-order valence-electron chi connectivity index (χ0n) is 13.3. The minimum absolute atomic E-state index is 0.272. The lowest BCUT2D eigenvalue weighted by molar-refractivity contribution is -0.137. The van der Waals surface area contributed by atoms with E-state index in [0.29, 0.717) is 19.3 Å². The van der Waals surface area contributed by atoms with Crippen molar-refractivity contribution < 1.29 is 20.1 Å². The Labute approximate surface area is 128 Å². The summed E-state index contributed by atoms with van der Waals surface area (Å²) in [6, 6.07) is 0. The van der Waals surface area contributed by atoms with Gasteiger partial charge in [-0.15, -0.1) is 0 Å². The minimum Gasteiger partial charge on any atom is -0.481 e. The van der Waals surface area contributed by atoms with Gasteiger partial charge in [0.2, 0.25) is 0 Å². The molecule has 0 aliphatic rings. The van der Waals surface area contributed by atoms with E-state index in [-0.39, 0.29) is 18.6 Å². The highest BCUT2D eigenvalue weighted by molar-refractivity contribution is 5.66. The molecule has 0 radical (unpaired) electrons. The van der Waals surface area contributed by atoms with Crippen LogP contribution in [0.1, 0.15) is 77.6 Å². The number of aliphatic hydroxyl groups is 2. The number of hydrogen-bond donors (Lipinski definition) is 3. The van der Waals surface area contributed by atoms with Gasteiger partial charge in [-0.05, 0) is 39.0 Å². The Morgan fingerprint density at radius 1 is 0.905 bits per heavy atom. The molecule has 0 aromatic carbocycles. The lowest BCUT2D eigenvalue weighted by Crippen LogP contribution is -2.12. The van der Waals surface area contributed by atoms with Gasteiger partial charge in [0.15, 0.2) is 0 Å². The van der Waals surface area contributed by atoms with Crippen molar-refractivity contribution >= 4 is 5.97 Å². The summed E-state index contributed by atoms with van der Waals surface area (Å²) in [7, 11) is 0. The van der Waals surface area contributed by atoms with Crippen LogP contribution in [-0.2, 0) is 4.79 Å². The van der Waals surface area contributed by atoms with Crippen LogP contribution in [-0.4, -0.2) is 33.5 Å². The standard InChI is InChI=1S/C17H32O4/c1-2-3-10-15(18)13-14-16(19)11-8-6-4-5-7-9-12-17(20)21/h2-3,15-16,18-19H,4-14H2,1H3,(H,20,21). The second-order valence-corrected chi connectivity index (χ2v) is 5.74. The van der Waals surface area contributed by atoms with E-state index in [1.54, 1.807) is 0 Å². The number of carboxylic acids is 1. The first-order valence-corrected chi connectivity index (χ1v) is 8.25. The van der Waals surface area contributed by atoms with Gasteiger partial charge in [0.25, 0.3) is 0 Å². The molecular formula is C17H32O4. The molecule has 2 atom stereocenters. The number of rotatable bonds is 14. The van der Waals surface area contributed by atoms with Crippen molar-refractivity contribution in [1.29, 1.82) is 0 Å². The first-order valence-electron chi connectivity index (χ1n) is 8.25. The van der Waals surface area contributed by atoms with Gasteiger partial charge in [0.1, 0.15) is 0 Å². The predicted molar refractivity (Wildman–Crippen MR) is 85.3 cm³/mol. The molecule has 124 valence electrons. The summed E-state index contributed by atoms with van der Waals surface area (Å²) in [6.07, 6.45) is 12.3. The topological polar surface area (TPSA) is 77.8 Å². The molecule has 0 amide bonds.